The van der Waals surface area contributed by atoms with Gasteiger partial charge >= 0.3 is 0 Å². The Labute approximate surface area is 217 Å². The van der Waals surface area contributed by atoms with Gasteiger partial charge in [-0.15, -0.1) is 0 Å². The molecule has 0 radical (unpaired) electrons. The van der Waals surface area contributed by atoms with Crippen LogP contribution in [0.4, 0.5) is 13.2 Å². The summed E-state index contributed by atoms with van der Waals surface area (Å²) in [7, 11) is 0. The van der Waals surface area contributed by atoms with Gasteiger partial charge in [0.25, 0.3) is 5.91 Å². The number of hydrogen-bond acceptors (Lipinski definition) is 6. The van der Waals surface area contributed by atoms with Crippen LogP contribution in [0.15, 0.2) is 41.3 Å². The van der Waals surface area contributed by atoms with E-state index >= 15 is 0 Å². The molecule has 2 fully saturated rings. The van der Waals surface area contributed by atoms with E-state index in [1.165, 1.54) is 36.4 Å². The number of amides is 1. The lowest BCUT2D eigenvalue weighted by Gasteiger charge is -2.35. The summed E-state index contributed by atoms with van der Waals surface area (Å²) < 4.78 is 61.1. The summed E-state index contributed by atoms with van der Waals surface area (Å²) in [5.41, 5.74) is 0. The van der Waals surface area contributed by atoms with Gasteiger partial charge in [0, 0.05) is 37.6 Å². The predicted molar refractivity (Wildman–Crippen MR) is 131 cm³/mol. The molecule has 0 aliphatic carbocycles. The monoisotopic (exact) mass is 544 g/mol. The summed E-state index contributed by atoms with van der Waals surface area (Å²) in [6, 6.07) is 8.27. The Morgan fingerprint density at radius 1 is 1.22 bits per heavy atom. The third kappa shape index (κ3) is 7.68. The predicted octanol–water partition coefficient (Wildman–Crippen LogP) is 5.18. The summed E-state index contributed by atoms with van der Waals surface area (Å²) in [4.78, 5) is 14.6. The summed E-state index contributed by atoms with van der Waals surface area (Å²) in [6.07, 6.45) is 1.02. The second kappa shape index (κ2) is 12.9. The Morgan fingerprint density at radius 3 is 2.67 bits per heavy atom. The molecule has 2 aliphatic rings. The van der Waals surface area contributed by atoms with Crippen LogP contribution in [0.25, 0.3) is 0 Å². The van der Waals surface area contributed by atoms with Crippen molar-refractivity contribution in [1.82, 2.24) is 9.62 Å². The van der Waals surface area contributed by atoms with Crippen molar-refractivity contribution in [1.29, 1.82) is 0 Å². The molecule has 2 aromatic rings. The molecule has 36 heavy (non-hydrogen) atoms. The highest BCUT2D eigenvalue weighted by molar-refractivity contribution is 7.98. The highest BCUT2D eigenvalue weighted by atomic mass is 35.5. The summed E-state index contributed by atoms with van der Waals surface area (Å²) in [5.74, 6) is -1.04. The molecule has 6 nitrogen and oxygen atoms in total. The standard InChI is InChI=1S/C25H28ClF3N2O4S/c26-21-11-20(36-30-25(32)23-3-1-2-10-33-23)12-22(29)24(21)35-19(8-9-31-13-17(28)14-31)15-34-18-6-4-16(27)5-7-18/h4-7,11-12,17,19,23H,1-3,8-10,13-15H2,(H,30,32). The van der Waals surface area contributed by atoms with Gasteiger partial charge in [0.15, 0.2) is 11.6 Å². The topological polar surface area (TPSA) is 60.0 Å². The Balaban J connectivity index is 1.37. The van der Waals surface area contributed by atoms with Gasteiger partial charge in [0.1, 0.15) is 36.6 Å². The molecule has 2 unspecified atom stereocenters. The lowest BCUT2D eigenvalue weighted by molar-refractivity contribution is -0.133. The lowest BCUT2D eigenvalue weighted by Crippen LogP contribution is -2.49. The maximum atomic E-state index is 15.0. The van der Waals surface area contributed by atoms with Crippen molar-refractivity contribution in [3.05, 3.63) is 53.1 Å². The number of nitrogens with one attached hydrogen (secondary N) is 1. The van der Waals surface area contributed by atoms with E-state index in [0.29, 0.717) is 49.7 Å². The fourth-order valence-corrected chi connectivity index (χ4v) is 4.92. The molecule has 2 heterocycles. The van der Waals surface area contributed by atoms with Crippen LogP contribution in [0.2, 0.25) is 5.02 Å². The van der Waals surface area contributed by atoms with E-state index in [4.69, 9.17) is 25.8 Å². The second-order valence-electron chi connectivity index (χ2n) is 8.79. The van der Waals surface area contributed by atoms with Crippen molar-refractivity contribution in [3.63, 3.8) is 0 Å². The molecule has 2 aliphatic heterocycles. The van der Waals surface area contributed by atoms with E-state index in [1.54, 1.807) is 0 Å². The number of nitrogens with zero attached hydrogens (tertiary/aromatic N) is 1. The third-order valence-electron chi connectivity index (χ3n) is 5.93. The molecule has 4 rings (SSSR count). The molecule has 1 amide bonds. The number of alkyl halides is 1. The Kier molecular flexibility index (Phi) is 9.64. The van der Waals surface area contributed by atoms with Gasteiger partial charge in [0.05, 0.1) is 5.02 Å². The highest BCUT2D eigenvalue weighted by Crippen LogP contribution is 2.34. The zero-order valence-electron chi connectivity index (χ0n) is 19.6. The van der Waals surface area contributed by atoms with Gasteiger partial charge in [-0.25, -0.2) is 13.2 Å². The van der Waals surface area contributed by atoms with E-state index in [9.17, 15) is 18.0 Å². The van der Waals surface area contributed by atoms with Crippen LogP contribution in [0.1, 0.15) is 25.7 Å². The number of carbonyl (C=O) groups excluding carboxylic acids is 1. The van der Waals surface area contributed by atoms with Crippen LogP contribution in [0, 0.1) is 11.6 Å². The van der Waals surface area contributed by atoms with E-state index in [0.717, 1.165) is 24.8 Å². The third-order valence-corrected chi connectivity index (χ3v) is 6.98. The van der Waals surface area contributed by atoms with Crippen LogP contribution in [0.5, 0.6) is 11.5 Å². The van der Waals surface area contributed by atoms with Crippen LogP contribution in [-0.4, -0.2) is 62.0 Å². The average molecular weight is 545 g/mol. The average Bonchev–Trinajstić information content (AvgIpc) is 2.86. The van der Waals surface area contributed by atoms with Gasteiger partial charge < -0.3 is 14.2 Å². The van der Waals surface area contributed by atoms with Gasteiger partial charge in [-0.05, 0) is 67.6 Å². The molecule has 0 saturated carbocycles. The maximum absolute atomic E-state index is 15.0. The van der Waals surface area contributed by atoms with Crippen molar-refractivity contribution < 1.29 is 32.2 Å². The molecule has 0 spiro atoms. The minimum absolute atomic E-state index is 0.0419. The first-order chi connectivity index (χ1) is 17.4. The first kappa shape index (κ1) is 26.9. The van der Waals surface area contributed by atoms with Crippen molar-refractivity contribution >= 4 is 29.5 Å². The van der Waals surface area contributed by atoms with E-state index < -0.39 is 24.2 Å². The van der Waals surface area contributed by atoms with E-state index in [-0.39, 0.29) is 29.1 Å². The molecule has 0 bridgehead atoms. The number of rotatable bonds is 11. The van der Waals surface area contributed by atoms with Crippen molar-refractivity contribution in [2.24, 2.45) is 0 Å². The first-order valence-corrected chi connectivity index (χ1v) is 13.1. The summed E-state index contributed by atoms with van der Waals surface area (Å²) in [6.45, 7) is 1.85. The largest absolute Gasteiger partial charge is 0.490 e. The van der Waals surface area contributed by atoms with Crippen molar-refractivity contribution in [2.75, 3.05) is 32.8 Å². The quantitative estimate of drug-likeness (QED) is 0.393. The molecule has 196 valence electrons. The second-order valence-corrected chi connectivity index (χ2v) is 10.1. The van der Waals surface area contributed by atoms with Crippen LogP contribution in [0.3, 0.4) is 0 Å². The van der Waals surface area contributed by atoms with Gasteiger partial charge in [-0.2, -0.15) is 0 Å². The van der Waals surface area contributed by atoms with Crippen molar-refractivity contribution in [3.8, 4) is 11.5 Å². The van der Waals surface area contributed by atoms with Crippen LogP contribution in [-0.2, 0) is 9.53 Å². The van der Waals surface area contributed by atoms with Crippen LogP contribution < -0.4 is 14.2 Å². The molecular formula is C25H28ClF3N2O4S. The number of ether oxygens (including phenoxy) is 3. The lowest BCUT2D eigenvalue weighted by atomic mass is 10.1. The number of carbonyl (C=O) groups is 1. The summed E-state index contributed by atoms with van der Waals surface area (Å²) >= 11 is 7.29. The Bertz CT molecular complexity index is 998. The Morgan fingerprint density at radius 2 is 2.00 bits per heavy atom. The first-order valence-electron chi connectivity index (χ1n) is 11.9. The maximum Gasteiger partial charge on any atom is 0.259 e. The Hall–Kier alpha value is -2.14. The number of hydrogen-bond donors (Lipinski definition) is 1. The SMILES string of the molecule is O=C(NSc1cc(F)c(OC(CCN2CC(F)C2)COc2ccc(F)cc2)c(Cl)c1)C1CCCCO1. The van der Waals surface area contributed by atoms with Crippen molar-refractivity contribution in [2.45, 2.75) is 49.0 Å². The van der Waals surface area contributed by atoms with E-state index in [1.807, 2.05) is 4.90 Å². The van der Waals surface area contributed by atoms with E-state index in [2.05, 4.69) is 4.72 Å². The normalized spacial score (nSPS) is 19.4. The zero-order valence-corrected chi connectivity index (χ0v) is 21.1. The number of halogens is 4. The summed E-state index contributed by atoms with van der Waals surface area (Å²) in [5, 5.41) is 0.0419. The molecular weight excluding hydrogens is 517 g/mol. The molecule has 2 atom stereocenters. The fraction of sp³-hybridized carbons (Fsp3) is 0.480. The van der Waals surface area contributed by atoms with Gasteiger partial charge in [-0.1, -0.05) is 11.6 Å². The van der Waals surface area contributed by atoms with Crippen LogP contribution >= 0.6 is 23.5 Å². The minimum atomic E-state index is -0.832. The zero-order chi connectivity index (χ0) is 25.5. The minimum Gasteiger partial charge on any atom is -0.490 e. The fourth-order valence-electron chi connectivity index (χ4n) is 3.91. The molecule has 0 aromatic heterocycles. The molecule has 1 N–H and O–H groups in total. The highest BCUT2D eigenvalue weighted by Gasteiger charge is 2.28. The molecule has 2 aromatic carbocycles. The van der Waals surface area contributed by atoms with Gasteiger partial charge in [-0.3, -0.25) is 14.4 Å². The molecule has 11 heteroatoms. The molecule has 2 saturated heterocycles. The smallest absolute Gasteiger partial charge is 0.259 e. The number of likely N-dealkylation sites (tertiary alicyclic amines) is 1. The van der Waals surface area contributed by atoms with Gasteiger partial charge in [0.2, 0.25) is 0 Å². The number of benzene rings is 2.